The number of likely N-dealkylation sites (tertiary alicyclic amines) is 1. The highest BCUT2D eigenvalue weighted by Crippen LogP contribution is 2.24. The number of aromatic nitrogens is 3. The predicted octanol–water partition coefficient (Wildman–Crippen LogP) is 4.03. The van der Waals surface area contributed by atoms with E-state index in [0.29, 0.717) is 47.1 Å². The zero-order valence-electron chi connectivity index (χ0n) is 22.7. The Bertz CT molecular complexity index is 1280. The van der Waals surface area contributed by atoms with Crippen molar-refractivity contribution in [3.8, 4) is 22.9 Å². The van der Waals surface area contributed by atoms with Crippen LogP contribution in [0.15, 0.2) is 41.3 Å². The summed E-state index contributed by atoms with van der Waals surface area (Å²) in [4.78, 5) is 38.0. The molecular formula is C29H39N5O4. The fraction of sp³-hybridized carbons (Fsp3) is 0.517. The van der Waals surface area contributed by atoms with E-state index in [1.807, 2.05) is 45.0 Å². The summed E-state index contributed by atoms with van der Waals surface area (Å²) in [7, 11) is 0. The molecule has 3 aromatic rings. The van der Waals surface area contributed by atoms with E-state index in [0.717, 1.165) is 26.1 Å². The molecule has 4 rings (SSSR count). The third-order valence-corrected chi connectivity index (χ3v) is 6.53. The van der Waals surface area contributed by atoms with Gasteiger partial charge >= 0.3 is 0 Å². The molecule has 1 aromatic carbocycles. The first-order chi connectivity index (χ1) is 18.4. The Morgan fingerprint density at radius 1 is 1.08 bits per heavy atom. The molecule has 0 unspecified atom stereocenters. The van der Waals surface area contributed by atoms with Crippen LogP contribution in [0.4, 0.5) is 0 Å². The summed E-state index contributed by atoms with van der Waals surface area (Å²) >= 11 is 0. The van der Waals surface area contributed by atoms with Crippen LogP contribution in [0.5, 0.6) is 11.5 Å². The summed E-state index contributed by atoms with van der Waals surface area (Å²) < 4.78 is 13.0. The van der Waals surface area contributed by atoms with Crippen molar-refractivity contribution in [3.05, 3.63) is 46.9 Å². The maximum Gasteiger partial charge on any atom is 0.263 e. The molecule has 0 aliphatic carbocycles. The largest absolute Gasteiger partial charge is 0.494 e. The maximum atomic E-state index is 13.7. The number of hydrogen-bond acceptors (Lipinski definition) is 7. The fourth-order valence-electron chi connectivity index (χ4n) is 4.77. The summed E-state index contributed by atoms with van der Waals surface area (Å²) in [5, 5.41) is 3.17. The van der Waals surface area contributed by atoms with Gasteiger partial charge in [-0.2, -0.15) is 0 Å². The number of rotatable bonds is 11. The van der Waals surface area contributed by atoms with Crippen LogP contribution in [0.3, 0.4) is 0 Å². The molecule has 0 spiro atoms. The lowest BCUT2D eigenvalue weighted by atomic mass is 10.2. The van der Waals surface area contributed by atoms with E-state index in [-0.39, 0.29) is 24.1 Å². The van der Waals surface area contributed by atoms with Crippen LogP contribution in [0.2, 0.25) is 0 Å². The Morgan fingerprint density at radius 3 is 2.61 bits per heavy atom. The van der Waals surface area contributed by atoms with Crippen molar-refractivity contribution in [3.63, 3.8) is 0 Å². The van der Waals surface area contributed by atoms with Crippen LogP contribution in [0.1, 0.15) is 52.9 Å². The Morgan fingerprint density at radius 2 is 1.87 bits per heavy atom. The summed E-state index contributed by atoms with van der Waals surface area (Å²) in [5.41, 5.74) is 0.639. The zero-order valence-corrected chi connectivity index (χ0v) is 22.7. The van der Waals surface area contributed by atoms with Gasteiger partial charge in [0.2, 0.25) is 5.91 Å². The first-order valence-corrected chi connectivity index (χ1v) is 13.7. The van der Waals surface area contributed by atoms with Crippen molar-refractivity contribution in [2.75, 3.05) is 32.8 Å². The number of fused-ring (bicyclic) bond motifs is 1. The second-order valence-corrected chi connectivity index (χ2v) is 10.0. The second-order valence-electron chi connectivity index (χ2n) is 10.0. The van der Waals surface area contributed by atoms with Gasteiger partial charge < -0.3 is 19.7 Å². The lowest BCUT2D eigenvalue weighted by molar-refractivity contribution is -0.122. The van der Waals surface area contributed by atoms with E-state index in [9.17, 15) is 9.59 Å². The molecule has 1 fully saturated rings. The number of carbonyl (C=O) groups is 1. The van der Waals surface area contributed by atoms with Crippen molar-refractivity contribution in [1.82, 2.24) is 24.8 Å². The third-order valence-electron chi connectivity index (χ3n) is 6.53. The van der Waals surface area contributed by atoms with Gasteiger partial charge in [0.05, 0.1) is 24.8 Å². The van der Waals surface area contributed by atoms with Crippen molar-refractivity contribution >= 4 is 16.9 Å². The van der Waals surface area contributed by atoms with E-state index in [1.54, 1.807) is 12.3 Å². The van der Waals surface area contributed by atoms with E-state index < -0.39 is 0 Å². The molecule has 0 radical (unpaired) electrons. The van der Waals surface area contributed by atoms with Crippen molar-refractivity contribution in [1.29, 1.82) is 0 Å². The predicted molar refractivity (Wildman–Crippen MR) is 149 cm³/mol. The van der Waals surface area contributed by atoms with Crippen LogP contribution in [0, 0.1) is 0 Å². The standard InChI is InChI=1S/C29H39N5O4/c1-4-37-23-12-9-11-22(17-23)28-32-27-25(29(36)34(28)20-26(35)31-21(2)3)18-24(19-30-27)38-16-10-15-33-13-7-5-6-8-14-33/h9,11-12,17-19,21H,4-8,10,13-16,20H2,1-3H3,(H,31,35). The van der Waals surface area contributed by atoms with E-state index in [1.165, 1.54) is 30.3 Å². The van der Waals surface area contributed by atoms with Crippen molar-refractivity contribution in [2.45, 2.75) is 65.5 Å². The Balaban J connectivity index is 1.59. The molecule has 9 nitrogen and oxygen atoms in total. The molecule has 0 bridgehead atoms. The summed E-state index contributed by atoms with van der Waals surface area (Å²) in [5.74, 6) is 1.28. The minimum Gasteiger partial charge on any atom is -0.494 e. The minimum absolute atomic E-state index is 0.0488. The molecule has 1 N–H and O–H groups in total. The van der Waals surface area contributed by atoms with Crippen molar-refractivity contribution in [2.24, 2.45) is 0 Å². The Labute approximate surface area is 224 Å². The second kappa shape index (κ2) is 13.4. The van der Waals surface area contributed by atoms with Gasteiger partial charge in [-0.15, -0.1) is 0 Å². The number of ether oxygens (including phenoxy) is 2. The zero-order chi connectivity index (χ0) is 26.9. The number of carbonyl (C=O) groups excluding carboxylic acids is 1. The number of amides is 1. The molecule has 3 heterocycles. The van der Waals surface area contributed by atoms with E-state index in [4.69, 9.17) is 14.5 Å². The summed E-state index contributed by atoms with van der Waals surface area (Å²) in [6.07, 6.45) is 7.69. The number of hydrogen-bond donors (Lipinski definition) is 1. The van der Waals surface area contributed by atoms with Gasteiger partial charge in [-0.1, -0.05) is 25.0 Å². The summed E-state index contributed by atoms with van der Waals surface area (Å²) in [6, 6.07) is 8.97. The van der Waals surface area contributed by atoms with Crippen LogP contribution in [-0.4, -0.2) is 64.2 Å². The molecule has 204 valence electrons. The Hall–Kier alpha value is -3.46. The lowest BCUT2D eigenvalue weighted by Crippen LogP contribution is -2.37. The minimum atomic E-state index is -0.340. The average molecular weight is 522 g/mol. The molecular weight excluding hydrogens is 482 g/mol. The van der Waals surface area contributed by atoms with Gasteiger partial charge in [-0.25, -0.2) is 9.97 Å². The number of benzene rings is 1. The van der Waals surface area contributed by atoms with Crippen LogP contribution < -0.4 is 20.3 Å². The molecule has 1 aliphatic heterocycles. The van der Waals surface area contributed by atoms with E-state index in [2.05, 4.69) is 15.2 Å². The van der Waals surface area contributed by atoms with Crippen LogP contribution in [0.25, 0.3) is 22.4 Å². The summed E-state index contributed by atoms with van der Waals surface area (Å²) in [6.45, 7) is 9.89. The van der Waals surface area contributed by atoms with Gasteiger partial charge in [0.25, 0.3) is 5.56 Å². The van der Waals surface area contributed by atoms with Crippen molar-refractivity contribution < 1.29 is 14.3 Å². The fourth-order valence-corrected chi connectivity index (χ4v) is 4.77. The molecule has 9 heteroatoms. The molecule has 1 amide bonds. The first-order valence-electron chi connectivity index (χ1n) is 13.7. The van der Waals surface area contributed by atoms with Gasteiger partial charge in [0, 0.05) is 18.2 Å². The molecule has 0 saturated carbocycles. The highest BCUT2D eigenvalue weighted by molar-refractivity contribution is 5.80. The van der Waals surface area contributed by atoms with Gasteiger partial charge in [0.1, 0.15) is 23.9 Å². The highest BCUT2D eigenvalue weighted by atomic mass is 16.5. The first kappa shape index (κ1) is 27.6. The van der Waals surface area contributed by atoms with Gasteiger partial charge in [-0.05, 0) is 71.3 Å². The van der Waals surface area contributed by atoms with Gasteiger partial charge in [-0.3, -0.25) is 14.2 Å². The quantitative estimate of drug-likeness (QED) is 0.381. The molecule has 38 heavy (non-hydrogen) atoms. The number of pyridine rings is 1. The molecule has 1 saturated heterocycles. The maximum absolute atomic E-state index is 13.7. The molecule has 1 aliphatic rings. The van der Waals surface area contributed by atoms with Crippen LogP contribution in [-0.2, 0) is 11.3 Å². The smallest absolute Gasteiger partial charge is 0.263 e. The van der Waals surface area contributed by atoms with Gasteiger partial charge in [0.15, 0.2) is 5.65 Å². The third kappa shape index (κ3) is 7.31. The van der Waals surface area contributed by atoms with Crippen LogP contribution >= 0.6 is 0 Å². The molecule has 2 aromatic heterocycles. The molecule has 0 atom stereocenters. The SMILES string of the molecule is CCOc1cccc(-c2nc3ncc(OCCCN4CCCCCC4)cc3c(=O)n2CC(=O)NC(C)C)c1. The van der Waals surface area contributed by atoms with E-state index >= 15 is 0 Å². The normalized spacial score (nSPS) is 14.4. The number of nitrogens with one attached hydrogen (secondary N) is 1. The Kier molecular flexibility index (Phi) is 9.70. The highest BCUT2D eigenvalue weighted by Gasteiger charge is 2.18. The average Bonchev–Trinajstić information content (AvgIpc) is 3.17. The monoisotopic (exact) mass is 521 g/mol. The topological polar surface area (TPSA) is 98.6 Å². The number of nitrogens with zero attached hydrogens (tertiary/aromatic N) is 4. The lowest BCUT2D eigenvalue weighted by Gasteiger charge is -2.19.